The fourth-order valence-electron chi connectivity index (χ4n) is 2.01. The van der Waals surface area contributed by atoms with Gasteiger partial charge in [0.15, 0.2) is 0 Å². The summed E-state index contributed by atoms with van der Waals surface area (Å²) >= 11 is 0. The van der Waals surface area contributed by atoms with E-state index in [1.165, 1.54) is 11.1 Å². The molecule has 0 saturated heterocycles. The third-order valence-corrected chi connectivity index (χ3v) is 2.74. The van der Waals surface area contributed by atoms with Crippen LogP contribution < -0.4 is 0 Å². The maximum absolute atomic E-state index is 5.88. The highest BCUT2D eigenvalue weighted by Crippen LogP contribution is 2.32. The summed E-state index contributed by atoms with van der Waals surface area (Å²) in [6.07, 6.45) is 17.4. The van der Waals surface area contributed by atoms with Crippen molar-refractivity contribution in [3.05, 3.63) is 59.4 Å². The van der Waals surface area contributed by atoms with Crippen LogP contribution in [0.4, 0.5) is 0 Å². The van der Waals surface area contributed by atoms with Crippen LogP contribution in [-0.2, 0) is 4.74 Å². The Bertz CT molecular complexity index is 405. The van der Waals surface area contributed by atoms with Crippen molar-refractivity contribution in [3.63, 3.8) is 0 Å². The van der Waals surface area contributed by atoms with E-state index in [4.69, 9.17) is 4.74 Å². The Hall–Kier alpha value is -1.50. The number of hydrogen-bond donors (Lipinski definition) is 0. The van der Waals surface area contributed by atoms with Gasteiger partial charge in [-0.15, -0.1) is 0 Å². The summed E-state index contributed by atoms with van der Waals surface area (Å²) in [5.74, 6) is 1.06. The molecule has 0 aromatic carbocycles. The van der Waals surface area contributed by atoms with Crippen molar-refractivity contribution in [2.45, 2.75) is 18.9 Å². The molecule has 1 unspecified atom stereocenters. The van der Waals surface area contributed by atoms with Crippen molar-refractivity contribution < 1.29 is 4.74 Å². The van der Waals surface area contributed by atoms with E-state index in [0.717, 1.165) is 18.6 Å². The minimum atomic E-state index is 0.140. The summed E-state index contributed by atoms with van der Waals surface area (Å²) in [6.45, 7) is 0. The maximum atomic E-state index is 5.88. The predicted molar refractivity (Wildman–Crippen MR) is 56.6 cm³/mol. The summed E-state index contributed by atoms with van der Waals surface area (Å²) in [6, 6.07) is 0. The van der Waals surface area contributed by atoms with Crippen LogP contribution in [0, 0.1) is 0 Å². The van der Waals surface area contributed by atoms with E-state index in [1.54, 1.807) is 0 Å². The first-order chi connectivity index (χ1) is 6.93. The zero-order valence-electron chi connectivity index (χ0n) is 7.94. The lowest BCUT2D eigenvalue weighted by atomic mass is 9.94. The average Bonchev–Trinajstić information content (AvgIpc) is 2.26. The van der Waals surface area contributed by atoms with Crippen LogP contribution in [0.2, 0.25) is 0 Å². The summed E-state index contributed by atoms with van der Waals surface area (Å²) in [5, 5.41) is 0. The van der Waals surface area contributed by atoms with Crippen molar-refractivity contribution in [1.82, 2.24) is 0 Å². The Labute approximate surface area is 83.8 Å². The fraction of sp³-hybridized carbons (Fsp3) is 0.231. The van der Waals surface area contributed by atoms with Crippen LogP contribution in [0.1, 0.15) is 12.8 Å². The van der Waals surface area contributed by atoms with Gasteiger partial charge in [0, 0.05) is 5.57 Å². The van der Waals surface area contributed by atoms with Crippen LogP contribution in [0.3, 0.4) is 0 Å². The van der Waals surface area contributed by atoms with E-state index < -0.39 is 0 Å². The van der Waals surface area contributed by atoms with E-state index >= 15 is 0 Å². The number of rotatable bonds is 0. The lowest BCUT2D eigenvalue weighted by molar-refractivity contribution is 0.184. The molecule has 3 rings (SSSR count). The first kappa shape index (κ1) is 7.86. The lowest BCUT2D eigenvalue weighted by Gasteiger charge is -2.28. The first-order valence-electron chi connectivity index (χ1n) is 5.07. The first-order valence-corrected chi connectivity index (χ1v) is 5.07. The molecular weight excluding hydrogens is 172 g/mol. The molecule has 0 aromatic heterocycles. The third-order valence-electron chi connectivity index (χ3n) is 2.74. The SMILES string of the molecule is C1=CC2=CC3=CCCC=C3OC2C=C1. The molecule has 1 nitrogen and oxygen atoms in total. The second kappa shape index (κ2) is 3.02. The Morgan fingerprint density at radius 2 is 2.07 bits per heavy atom. The zero-order chi connectivity index (χ0) is 9.38. The smallest absolute Gasteiger partial charge is 0.142 e. The van der Waals surface area contributed by atoms with Gasteiger partial charge < -0.3 is 4.74 Å². The second-order valence-electron chi connectivity index (χ2n) is 3.73. The Morgan fingerprint density at radius 1 is 1.14 bits per heavy atom. The molecule has 0 saturated carbocycles. The van der Waals surface area contributed by atoms with E-state index in [1.807, 2.05) is 6.08 Å². The normalized spacial score (nSPS) is 28.0. The van der Waals surface area contributed by atoms with Crippen LogP contribution in [0.5, 0.6) is 0 Å². The quantitative estimate of drug-likeness (QED) is 0.562. The summed E-state index contributed by atoms with van der Waals surface area (Å²) < 4.78 is 5.88. The maximum Gasteiger partial charge on any atom is 0.142 e. The second-order valence-corrected chi connectivity index (χ2v) is 3.73. The molecule has 0 bridgehead atoms. The minimum Gasteiger partial charge on any atom is -0.481 e. The Morgan fingerprint density at radius 3 is 3.07 bits per heavy atom. The van der Waals surface area contributed by atoms with Gasteiger partial charge in [0.2, 0.25) is 0 Å². The van der Waals surface area contributed by atoms with E-state index in [0.29, 0.717) is 0 Å². The van der Waals surface area contributed by atoms with Gasteiger partial charge in [0.05, 0.1) is 0 Å². The number of allylic oxidation sites excluding steroid dienone is 5. The zero-order valence-corrected chi connectivity index (χ0v) is 7.94. The van der Waals surface area contributed by atoms with Gasteiger partial charge in [-0.25, -0.2) is 0 Å². The van der Waals surface area contributed by atoms with Crippen LogP contribution in [0.15, 0.2) is 59.4 Å². The van der Waals surface area contributed by atoms with Crippen molar-refractivity contribution in [3.8, 4) is 0 Å². The Kier molecular flexibility index (Phi) is 1.69. The molecule has 2 aliphatic carbocycles. The van der Waals surface area contributed by atoms with Gasteiger partial charge >= 0.3 is 0 Å². The monoisotopic (exact) mass is 184 g/mol. The van der Waals surface area contributed by atoms with E-state index in [-0.39, 0.29) is 6.10 Å². The van der Waals surface area contributed by atoms with Crippen molar-refractivity contribution in [2.24, 2.45) is 0 Å². The topological polar surface area (TPSA) is 9.23 Å². The largest absolute Gasteiger partial charge is 0.481 e. The molecule has 0 amide bonds. The molecule has 0 N–H and O–H groups in total. The van der Waals surface area contributed by atoms with Crippen LogP contribution in [-0.4, -0.2) is 6.10 Å². The summed E-state index contributed by atoms with van der Waals surface area (Å²) in [4.78, 5) is 0. The minimum absolute atomic E-state index is 0.140. The number of hydrogen-bond acceptors (Lipinski definition) is 1. The number of fused-ring (bicyclic) bond motifs is 2. The molecule has 70 valence electrons. The molecule has 1 heterocycles. The van der Waals surface area contributed by atoms with Gasteiger partial charge in [-0.1, -0.05) is 24.3 Å². The van der Waals surface area contributed by atoms with Crippen molar-refractivity contribution >= 4 is 0 Å². The summed E-state index contributed by atoms with van der Waals surface area (Å²) in [5.41, 5.74) is 2.51. The van der Waals surface area contributed by atoms with Gasteiger partial charge in [-0.05, 0) is 36.6 Å². The van der Waals surface area contributed by atoms with Gasteiger partial charge in [0.1, 0.15) is 11.9 Å². The molecule has 14 heavy (non-hydrogen) atoms. The summed E-state index contributed by atoms with van der Waals surface area (Å²) in [7, 11) is 0. The molecular formula is C13H12O. The highest BCUT2D eigenvalue weighted by Gasteiger charge is 2.22. The molecule has 1 atom stereocenters. The van der Waals surface area contributed by atoms with Crippen LogP contribution >= 0.6 is 0 Å². The van der Waals surface area contributed by atoms with Crippen molar-refractivity contribution in [1.29, 1.82) is 0 Å². The van der Waals surface area contributed by atoms with Gasteiger partial charge in [-0.3, -0.25) is 0 Å². The lowest BCUT2D eigenvalue weighted by Crippen LogP contribution is -2.19. The van der Waals surface area contributed by atoms with Gasteiger partial charge in [-0.2, -0.15) is 0 Å². The predicted octanol–water partition coefficient (Wildman–Crippen LogP) is 3.04. The van der Waals surface area contributed by atoms with Gasteiger partial charge in [0.25, 0.3) is 0 Å². The highest BCUT2D eigenvalue weighted by atomic mass is 16.5. The van der Waals surface area contributed by atoms with E-state index in [9.17, 15) is 0 Å². The third kappa shape index (κ3) is 1.17. The standard InChI is InChI=1S/C13H12O/c1-3-7-12-10(5-1)9-11-6-2-4-8-13(11)14-12/h1,3,5-9,12H,2,4H2. The molecule has 0 spiro atoms. The molecule has 0 radical (unpaired) electrons. The fourth-order valence-corrected chi connectivity index (χ4v) is 2.01. The average molecular weight is 184 g/mol. The Balaban J connectivity index is 2.05. The molecule has 0 fully saturated rings. The molecule has 1 aliphatic heterocycles. The molecule has 3 aliphatic rings. The van der Waals surface area contributed by atoms with E-state index in [2.05, 4.69) is 36.5 Å². The highest BCUT2D eigenvalue weighted by molar-refractivity contribution is 5.50. The number of ether oxygens (including phenoxy) is 1. The molecule has 0 aromatic rings. The van der Waals surface area contributed by atoms with Crippen LogP contribution in [0.25, 0.3) is 0 Å². The molecule has 1 heteroatoms. The van der Waals surface area contributed by atoms with Crippen molar-refractivity contribution in [2.75, 3.05) is 0 Å².